The van der Waals surface area contributed by atoms with Crippen LogP contribution in [0.25, 0.3) is 0 Å². The van der Waals surface area contributed by atoms with E-state index in [2.05, 4.69) is 0 Å². The summed E-state index contributed by atoms with van der Waals surface area (Å²) >= 11 is 0. The molecule has 0 aliphatic carbocycles. The second-order valence-electron chi connectivity index (χ2n) is 4.54. The first-order valence-corrected chi connectivity index (χ1v) is 6.05. The van der Waals surface area contributed by atoms with Gasteiger partial charge in [-0.2, -0.15) is 0 Å². The van der Waals surface area contributed by atoms with Crippen molar-refractivity contribution in [3.05, 3.63) is 24.0 Å². The Morgan fingerprint density at radius 3 is 2.89 bits per heavy atom. The van der Waals surface area contributed by atoms with Gasteiger partial charge in [0, 0.05) is 26.7 Å². The molecule has 0 amide bonds. The van der Waals surface area contributed by atoms with Crippen molar-refractivity contribution in [3.63, 3.8) is 0 Å². The summed E-state index contributed by atoms with van der Waals surface area (Å²) in [5.41, 5.74) is 1.75. The van der Waals surface area contributed by atoms with Gasteiger partial charge in [0.15, 0.2) is 0 Å². The van der Waals surface area contributed by atoms with Crippen molar-refractivity contribution < 1.29 is 14.3 Å². The first kappa shape index (κ1) is 12.7. The number of aliphatic carboxylic acids is 1. The zero-order valence-electron chi connectivity index (χ0n) is 10.4. The Hall–Kier alpha value is -1.78. The third kappa shape index (κ3) is 2.72. The number of halogens is 1. The lowest BCUT2D eigenvalue weighted by atomic mass is 10.2. The highest BCUT2D eigenvalue weighted by atomic mass is 19.1. The molecule has 1 aromatic carbocycles. The van der Waals surface area contributed by atoms with Crippen molar-refractivity contribution >= 4 is 17.3 Å². The third-order valence-corrected chi connectivity index (χ3v) is 3.21. The molecule has 98 valence electrons. The highest BCUT2D eigenvalue weighted by Crippen LogP contribution is 2.32. The molecule has 1 aliphatic heterocycles. The predicted molar refractivity (Wildman–Crippen MR) is 68.8 cm³/mol. The van der Waals surface area contributed by atoms with Crippen molar-refractivity contribution in [2.45, 2.75) is 12.8 Å². The average Bonchev–Trinajstić information content (AvgIpc) is 2.47. The standard InChI is InChI=1S/C13H17FN2O2/c1-15-6-2-7-16(8-5-13(17)18)11-4-3-10(14)9-12(11)15/h3-4,9H,2,5-8H2,1H3,(H,17,18). The maximum atomic E-state index is 13.3. The summed E-state index contributed by atoms with van der Waals surface area (Å²) in [6.07, 6.45) is 1.03. The fraction of sp³-hybridized carbons (Fsp3) is 0.462. The van der Waals surface area contributed by atoms with E-state index in [-0.39, 0.29) is 12.2 Å². The molecule has 1 heterocycles. The van der Waals surface area contributed by atoms with E-state index in [4.69, 9.17) is 5.11 Å². The molecule has 4 nitrogen and oxygen atoms in total. The minimum atomic E-state index is -0.809. The van der Waals surface area contributed by atoms with Gasteiger partial charge in [0.25, 0.3) is 0 Å². The van der Waals surface area contributed by atoms with Crippen LogP contribution in [0.3, 0.4) is 0 Å². The van der Waals surface area contributed by atoms with Crippen LogP contribution >= 0.6 is 0 Å². The molecule has 2 rings (SSSR count). The van der Waals surface area contributed by atoms with Gasteiger partial charge in [0.05, 0.1) is 17.8 Å². The number of carboxylic acids is 1. The average molecular weight is 252 g/mol. The maximum absolute atomic E-state index is 13.3. The van der Waals surface area contributed by atoms with Crippen molar-refractivity contribution in [3.8, 4) is 0 Å². The molecule has 0 fully saturated rings. The van der Waals surface area contributed by atoms with Crippen LogP contribution in [0.4, 0.5) is 15.8 Å². The zero-order valence-corrected chi connectivity index (χ0v) is 10.4. The van der Waals surface area contributed by atoms with Crippen LogP contribution in [0, 0.1) is 5.82 Å². The van der Waals surface area contributed by atoms with Gasteiger partial charge in [-0.25, -0.2) is 4.39 Å². The highest BCUT2D eigenvalue weighted by molar-refractivity contribution is 5.73. The number of carboxylic acid groups (broad SMARTS) is 1. The Bertz CT molecular complexity index is 451. The molecule has 0 bridgehead atoms. The topological polar surface area (TPSA) is 43.8 Å². The van der Waals surface area contributed by atoms with E-state index >= 15 is 0 Å². The van der Waals surface area contributed by atoms with Crippen LogP contribution in [0.2, 0.25) is 0 Å². The Balaban J connectivity index is 2.28. The predicted octanol–water partition coefficient (Wildman–Crippen LogP) is 1.95. The number of rotatable bonds is 3. The van der Waals surface area contributed by atoms with Gasteiger partial charge in [0.2, 0.25) is 0 Å². The molecule has 0 aromatic heterocycles. The number of carbonyl (C=O) groups is 1. The molecular formula is C13H17FN2O2. The van der Waals surface area contributed by atoms with E-state index in [1.54, 1.807) is 6.07 Å². The minimum Gasteiger partial charge on any atom is -0.481 e. The Kier molecular flexibility index (Phi) is 3.69. The summed E-state index contributed by atoms with van der Waals surface area (Å²) in [5.74, 6) is -1.07. The van der Waals surface area contributed by atoms with Gasteiger partial charge in [-0.15, -0.1) is 0 Å². The number of benzene rings is 1. The van der Waals surface area contributed by atoms with E-state index in [9.17, 15) is 9.18 Å². The van der Waals surface area contributed by atoms with E-state index in [1.165, 1.54) is 12.1 Å². The Morgan fingerprint density at radius 2 is 2.17 bits per heavy atom. The lowest BCUT2D eigenvalue weighted by molar-refractivity contribution is -0.136. The lowest BCUT2D eigenvalue weighted by Gasteiger charge is -2.25. The van der Waals surface area contributed by atoms with Gasteiger partial charge in [-0.1, -0.05) is 0 Å². The second kappa shape index (κ2) is 5.25. The van der Waals surface area contributed by atoms with Gasteiger partial charge in [0.1, 0.15) is 5.82 Å². The molecular weight excluding hydrogens is 235 g/mol. The van der Waals surface area contributed by atoms with Crippen LogP contribution in [-0.2, 0) is 4.79 Å². The summed E-state index contributed by atoms with van der Waals surface area (Å²) in [6, 6.07) is 4.66. The highest BCUT2D eigenvalue weighted by Gasteiger charge is 2.19. The number of nitrogens with zero attached hydrogens (tertiary/aromatic N) is 2. The molecule has 0 unspecified atom stereocenters. The van der Waals surface area contributed by atoms with E-state index in [0.717, 1.165) is 30.9 Å². The molecule has 0 saturated heterocycles. The largest absolute Gasteiger partial charge is 0.481 e. The molecule has 0 spiro atoms. The van der Waals surface area contributed by atoms with Crippen LogP contribution < -0.4 is 9.80 Å². The van der Waals surface area contributed by atoms with Crippen molar-refractivity contribution in [2.24, 2.45) is 0 Å². The van der Waals surface area contributed by atoms with E-state index < -0.39 is 5.97 Å². The van der Waals surface area contributed by atoms with Crippen molar-refractivity contribution in [1.82, 2.24) is 0 Å². The van der Waals surface area contributed by atoms with E-state index in [0.29, 0.717) is 6.54 Å². The van der Waals surface area contributed by atoms with Crippen molar-refractivity contribution in [1.29, 1.82) is 0 Å². The monoisotopic (exact) mass is 252 g/mol. The number of fused-ring (bicyclic) bond motifs is 1. The summed E-state index contributed by atoms with van der Waals surface area (Å²) < 4.78 is 13.3. The molecule has 1 N–H and O–H groups in total. The lowest BCUT2D eigenvalue weighted by Crippen LogP contribution is -2.26. The second-order valence-corrected chi connectivity index (χ2v) is 4.54. The quantitative estimate of drug-likeness (QED) is 0.893. The Labute approximate surface area is 106 Å². The number of hydrogen-bond acceptors (Lipinski definition) is 3. The first-order valence-electron chi connectivity index (χ1n) is 6.05. The van der Waals surface area contributed by atoms with Crippen LogP contribution in [0.15, 0.2) is 18.2 Å². The van der Waals surface area contributed by atoms with Gasteiger partial charge in [-0.05, 0) is 24.6 Å². The van der Waals surface area contributed by atoms with Crippen LogP contribution in [0.1, 0.15) is 12.8 Å². The minimum absolute atomic E-state index is 0.0977. The SMILES string of the molecule is CN1CCCN(CCC(=O)O)c2ccc(F)cc21. The maximum Gasteiger partial charge on any atom is 0.305 e. The third-order valence-electron chi connectivity index (χ3n) is 3.21. The van der Waals surface area contributed by atoms with Gasteiger partial charge in [-0.3, -0.25) is 4.79 Å². The normalized spacial score (nSPS) is 15.2. The molecule has 0 radical (unpaired) electrons. The Morgan fingerprint density at radius 1 is 1.39 bits per heavy atom. The number of hydrogen-bond donors (Lipinski definition) is 1. The molecule has 5 heteroatoms. The van der Waals surface area contributed by atoms with Gasteiger partial charge < -0.3 is 14.9 Å². The summed E-state index contributed by atoms with van der Waals surface area (Å²) in [7, 11) is 1.93. The number of anilines is 2. The summed E-state index contributed by atoms with van der Waals surface area (Å²) in [4.78, 5) is 14.7. The van der Waals surface area contributed by atoms with Crippen LogP contribution in [-0.4, -0.2) is 37.8 Å². The zero-order chi connectivity index (χ0) is 13.1. The fourth-order valence-electron chi connectivity index (χ4n) is 2.27. The molecule has 1 aliphatic rings. The molecule has 0 atom stereocenters. The molecule has 0 saturated carbocycles. The first-order chi connectivity index (χ1) is 8.58. The summed E-state index contributed by atoms with van der Waals surface area (Å²) in [6.45, 7) is 2.11. The smallest absolute Gasteiger partial charge is 0.305 e. The van der Waals surface area contributed by atoms with E-state index in [1.807, 2.05) is 16.8 Å². The molecule has 1 aromatic rings. The van der Waals surface area contributed by atoms with Crippen LogP contribution in [0.5, 0.6) is 0 Å². The summed E-state index contributed by atoms with van der Waals surface area (Å²) in [5, 5.41) is 8.76. The molecule has 18 heavy (non-hydrogen) atoms. The van der Waals surface area contributed by atoms with Gasteiger partial charge >= 0.3 is 5.97 Å². The van der Waals surface area contributed by atoms with Crippen molar-refractivity contribution in [2.75, 3.05) is 36.5 Å². The fourth-order valence-corrected chi connectivity index (χ4v) is 2.27.